The minimum absolute atomic E-state index is 0.0250. The van der Waals surface area contributed by atoms with E-state index in [4.69, 9.17) is 11.5 Å². The third-order valence-corrected chi connectivity index (χ3v) is 3.69. The van der Waals surface area contributed by atoms with E-state index in [1.165, 1.54) is 7.05 Å². The topological polar surface area (TPSA) is 119 Å². The maximum Gasteiger partial charge on any atom is 0.279 e. The lowest BCUT2D eigenvalue weighted by molar-refractivity contribution is -0.118. The molecule has 1 amide bonds. The molecule has 1 rings (SSSR count). The lowest BCUT2D eigenvalue weighted by atomic mass is 10.2. The van der Waals surface area contributed by atoms with Gasteiger partial charge < -0.3 is 11.5 Å². The molecule has 1 aromatic carbocycles. The number of nitrogens with one attached hydrogen (secondary N) is 1. The van der Waals surface area contributed by atoms with E-state index in [1.54, 1.807) is 24.3 Å². The first-order valence-corrected chi connectivity index (χ1v) is 6.60. The summed E-state index contributed by atoms with van der Waals surface area (Å²) in [7, 11) is -2.46. The minimum atomic E-state index is -3.72. The highest BCUT2D eigenvalue weighted by Crippen LogP contribution is 2.11. The van der Waals surface area contributed by atoms with Gasteiger partial charge in [-0.15, -0.1) is 0 Å². The fourth-order valence-corrected chi connectivity index (χ4v) is 2.30. The zero-order chi connectivity index (χ0) is 13.8. The van der Waals surface area contributed by atoms with Crippen LogP contribution in [-0.4, -0.2) is 32.2 Å². The van der Waals surface area contributed by atoms with Gasteiger partial charge in [0.25, 0.3) is 10.2 Å². The number of nitrogens with two attached hydrogens (primary N) is 2. The van der Waals surface area contributed by atoms with E-state index in [2.05, 4.69) is 4.72 Å². The van der Waals surface area contributed by atoms with Crippen LogP contribution in [0.2, 0.25) is 0 Å². The van der Waals surface area contributed by atoms with Crippen LogP contribution in [0.5, 0.6) is 0 Å². The quantitative estimate of drug-likeness (QED) is 0.577. The van der Waals surface area contributed by atoms with Gasteiger partial charge in [-0.3, -0.25) is 4.79 Å². The van der Waals surface area contributed by atoms with E-state index in [1.807, 2.05) is 0 Å². The number of amides is 1. The van der Waals surface area contributed by atoms with Gasteiger partial charge in [0.15, 0.2) is 0 Å². The highest BCUT2D eigenvalue weighted by Gasteiger charge is 2.22. The molecule has 7 nitrogen and oxygen atoms in total. The first kappa shape index (κ1) is 14.4. The molecule has 0 aliphatic carbocycles. The molecule has 0 aliphatic heterocycles. The first-order valence-electron chi connectivity index (χ1n) is 5.16. The van der Waals surface area contributed by atoms with Gasteiger partial charge in [0.05, 0.1) is 6.54 Å². The third-order valence-electron chi connectivity index (χ3n) is 2.24. The fraction of sp³-hybridized carbons (Fsp3) is 0.300. The Balaban J connectivity index is 2.95. The minimum Gasteiger partial charge on any atom is -0.399 e. The predicted molar refractivity (Wildman–Crippen MR) is 68.4 cm³/mol. The van der Waals surface area contributed by atoms with Crippen LogP contribution in [0.15, 0.2) is 24.3 Å². The van der Waals surface area contributed by atoms with Crippen molar-refractivity contribution in [2.75, 3.05) is 19.3 Å². The van der Waals surface area contributed by atoms with Crippen LogP contribution in [0.25, 0.3) is 0 Å². The summed E-state index contributed by atoms with van der Waals surface area (Å²) in [5.41, 5.74) is 11.8. The monoisotopic (exact) mass is 272 g/mol. The van der Waals surface area contributed by atoms with Crippen LogP contribution in [-0.2, 0) is 21.5 Å². The number of hydrogen-bond donors (Lipinski definition) is 3. The Bertz CT molecular complexity index is 530. The Labute approximate surface area is 106 Å². The van der Waals surface area contributed by atoms with Crippen LogP contribution in [0, 0.1) is 0 Å². The second-order valence-corrected chi connectivity index (χ2v) is 5.56. The molecule has 100 valence electrons. The van der Waals surface area contributed by atoms with E-state index in [9.17, 15) is 13.2 Å². The van der Waals surface area contributed by atoms with Gasteiger partial charge in [0.1, 0.15) is 0 Å². The maximum absolute atomic E-state index is 11.7. The fourth-order valence-electron chi connectivity index (χ4n) is 1.42. The van der Waals surface area contributed by atoms with Crippen molar-refractivity contribution in [2.24, 2.45) is 5.73 Å². The molecule has 0 saturated heterocycles. The van der Waals surface area contributed by atoms with E-state index >= 15 is 0 Å². The highest BCUT2D eigenvalue weighted by atomic mass is 32.2. The summed E-state index contributed by atoms with van der Waals surface area (Å²) in [6.45, 7) is -0.366. The lowest BCUT2D eigenvalue weighted by Crippen LogP contribution is -2.43. The maximum atomic E-state index is 11.7. The molecule has 0 aromatic heterocycles. The number of anilines is 1. The Morgan fingerprint density at radius 1 is 1.44 bits per heavy atom. The molecular weight excluding hydrogens is 256 g/mol. The molecular formula is C10H16N4O3S. The Kier molecular flexibility index (Phi) is 4.65. The summed E-state index contributed by atoms with van der Waals surface area (Å²) in [4.78, 5) is 10.9. The van der Waals surface area contributed by atoms with Crippen molar-refractivity contribution >= 4 is 21.8 Å². The van der Waals surface area contributed by atoms with Gasteiger partial charge in [0.2, 0.25) is 5.91 Å². The smallest absolute Gasteiger partial charge is 0.279 e. The molecule has 0 aliphatic rings. The van der Waals surface area contributed by atoms with Crippen molar-refractivity contribution in [2.45, 2.75) is 6.54 Å². The molecule has 0 bridgehead atoms. The molecule has 0 radical (unpaired) electrons. The van der Waals surface area contributed by atoms with Crippen molar-refractivity contribution in [3.05, 3.63) is 29.8 Å². The third kappa shape index (κ3) is 3.99. The Morgan fingerprint density at radius 3 is 2.61 bits per heavy atom. The number of rotatable bonds is 6. The normalized spacial score (nSPS) is 11.7. The van der Waals surface area contributed by atoms with Crippen molar-refractivity contribution in [3.8, 4) is 0 Å². The van der Waals surface area contributed by atoms with E-state index in [0.29, 0.717) is 11.3 Å². The molecule has 0 unspecified atom stereocenters. The summed E-state index contributed by atoms with van der Waals surface area (Å²) in [6, 6.07) is 6.75. The van der Waals surface area contributed by atoms with Gasteiger partial charge in [-0.25, -0.2) is 4.72 Å². The van der Waals surface area contributed by atoms with E-state index in [0.717, 1.165) is 4.31 Å². The summed E-state index contributed by atoms with van der Waals surface area (Å²) in [5.74, 6) is -0.724. The lowest BCUT2D eigenvalue weighted by Gasteiger charge is -2.20. The Morgan fingerprint density at radius 2 is 2.11 bits per heavy atom. The SMILES string of the molecule is CNS(=O)(=O)N(CC(N)=O)Cc1cccc(N)c1. The van der Waals surface area contributed by atoms with Crippen LogP contribution >= 0.6 is 0 Å². The zero-order valence-electron chi connectivity index (χ0n) is 9.96. The van der Waals surface area contributed by atoms with E-state index in [-0.39, 0.29) is 6.54 Å². The zero-order valence-corrected chi connectivity index (χ0v) is 10.8. The van der Waals surface area contributed by atoms with Gasteiger partial charge in [-0.1, -0.05) is 12.1 Å². The molecule has 5 N–H and O–H groups in total. The van der Waals surface area contributed by atoms with Gasteiger partial charge >= 0.3 is 0 Å². The summed E-state index contributed by atoms with van der Waals surface area (Å²) in [5, 5.41) is 0. The first-order chi connectivity index (χ1) is 8.35. The molecule has 8 heteroatoms. The number of carbonyl (C=O) groups is 1. The average molecular weight is 272 g/mol. The second-order valence-electron chi connectivity index (χ2n) is 3.69. The molecule has 1 aromatic rings. The second kappa shape index (κ2) is 5.80. The summed E-state index contributed by atoms with van der Waals surface area (Å²) >= 11 is 0. The Hall–Kier alpha value is -1.64. The molecule has 0 heterocycles. The number of hydrogen-bond acceptors (Lipinski definition) is 4. The molecule has 18 heavy (non-hydrogen) atoms. The van der Waals surface area contributed by atoms with Crippen LogP contribution in [0.1, 0.15) is 5.56 Å². The number of carbonyl (C=O) groups excluding carboxylic acids is 1. The summed E-state index contributed by atoms with van der Waals surface area (Å²) in [6.07, 6.45) is 0. The van der Waals surface area contributed by atoms with Crippen molar-refractivity contribution in [1.29, 1.82) is 0 Å². The largest absolute Gasteiger partial charge is 0.399 e. The van der Waals surface area contributed by atoms with Crippen molar-refractivity contribution < 1.29 is 13.2 Å². The predicted octanol–water partition coefficient (Wildman–Crippen LogP) is -0.980. The van der Waals surface area contributed by atoms with Gasteiger partial charge in [-0.2, -0.15) is 12.7 Å². The summed E-state index contributed by atoms with van der Waals surface area (Å²) < 4.78 is 26.5. The van der Waals surface area contributed by atoms with E-state index < -0.39 is 22.7 Å². The molecule has 0 fully saturated rings. The average Bonchev–Trinajstić information content (AvgIpc) is 2.27. The molecule has 0 atom stereocenters. The van der Waals surface area contributed by atoms with Crippen molar-refractivity contribution in [3.63, 3.8) is 0 Å². The highest BCUT2D eigenvalue weighted by molar-refractivity contribution is 7.87. The standard InChI is InChI=1S/C10H16N4O3S/c1-13-18(16,17)14(7-10(12)15)6-8-3-2-4-9(11)5-8/h2-5,13H,6-7,11H2,1H3,(H2,12,15). The number of benzene rings is 1. The van der Waals surface area contributed by atoms with Crippen LogP contribution in [0.4, 0.5) is 5.69 Å². The van der Waals surface area contributed by atoms with Crippen LogP contribution < -0.4 is 16.2 Å². The number of primary amides is 1. The van der Waals surface area contributed by atoms with Crippen LogP contribution in [0.3, 0.4) is 0 Å². The van der Waals surface area contributed by atoms with Gasteiger partial charge in [0, 0.05) is 19.3 Å². The number of nitrogen functional groups attached to an aromatic ring is 1. The van der Waals surface area contributed by atoms with Gasteiger partial charge in [-0.05, 0) is 17.7 Å². The molecule has 0 spiro atoms. The van der Waals surface area contributed by atoms with Crippen molar-refractivity contribution in [1.82, 2.24) is 9.03 Å². The molecule has 0 saturated carbocycles. The number of nitrogens with zero attached hydrogens (tertiary/aromatic N) is 1.